The zero-order valence-electron chi connectivity index (χ0n) is 19.4. The number of likely N-dealkylation sites (tertiary alicyclic amines) is 1. The molecule has 1 aliphatic rings. The maximum absolute atomic E-state index is 13.2. The van der Waals surface area contributed by atoms with Gasteiger partial charge in [0.2, 0.25) is 5.88 Å². The molecule has 33 heavy (non-hydrogen) atoms. The van der Waals surface area contributed by atoms with Gasteiger partial charge >= 0.3 is 5.97 Å². The second kappa shape index (κ2) is 10.6. The lowest BCUT2D eigenvalue weighted by Gasteiger charge is -2.40. The van der Waals surface area contributed by atoms with E-state index in [2.05, 4.69) is 34.1 Å². The third kappa shape index (κ3) is 5.06. The van der Waals surface area contributed by atoms with Crippen molar-refractivity contribution in [1.29, 1.82) is 0 Å². The van der Waals surface area contributed by atoms with Crippen molar-refractivity contribution in [2.45, 2.75) is 38.6 Å². The molecule has 0 N–H and O–H groups in total. The highest BCUT2D eigenvalue weighted by molar-refractivity contribution is 5.83. The Bertz CT molecular complexity index is 1050. The Labute approximate surface area is 195 Å². The van der Waals surface area contributed by atoms with Crippen LogP contribution < -0.4 is 4.74 Å². The van der Waals surface area contributed by atoms with Crippen molar-refractivity contribution in [1.82, 2.24) is 14.9 Å². The molecule has 0 spiro atoms. The molecule has 172 valence electrons. The van der Waals surface area contributed by atoms with Crippen LogP contribution in [0.3, 0.4) is 0 Å². The first kappa shape index (κ1) is 22.9. The third-order valence-corrected chi connectivity index (χ3v) is 6.27. The molecule has 0 radical (unpaired) electrons. The van der Waals surface area contributed by atoms with Crippen molar-refractivity contribution < 1.29 is 14.3 Å². The number of piperidine rings is 1. The van der Waals surface area contributed by atoms with Gasteiger partial charge in [-0.1, -0.05) is 36.4 Å². The van der Waals surface area contributed by atoms with Crippen LogP contribution >= 0.6 is 0 Å². The van der Waals surface area contributed by atoms with Gasteiger partial charge in [-0.05, 0) is 69.1 Å². The number of esters is 1. The number of carbonyl (C=O) groups excluding carboxylic acids is 1. The van der Waals surface area contributed by atoms with Crippen molar-refractivity contribution in [3.63, 3.8) is 0 Å². The average Bonchev–Trinajstić information content (AvgIpc) is 2.86. The van der Waals surface area contributed by atoms with Crippen LogP contribution in [0.1, 0.15) is 37.8 Å². The molecular formula is C27H31N3O3. The number of ether oxygens (including phenoxy) is 2. The molecular weight excluding hydrogens is 414 g/mol. The Morgan fingerprint density at radius 2 is 1.76 bits per heavy atom. The molecule has 6 heteroatoms. The molecule has 1 saturated heterocycles. The predicted molar refractivity (Wildman–Crippen MR) is 128 cm³/mol. The molecule has 2 aromatic heterocycles. The smallest absolute Gasteiger partial charge is 0.316 e. The maximum Gasteiger partial charge on any atom is 0.316 e. The van der Waals surface area contributed by atoms with E-state index < -0.39 is 5.41 Å². The molecule has 0 aliphatic carbocycles. The standard InChI is InChI=1S/C27H31N3O3/c1-3-32-25-23(11-8-16-28-25)24-13-12-22(19-29-24)27(26(31)33-4-2)14-17-30(18-15-27)20-21-9-6-5-7-10-21/h5-13,16,19H,3-4,14-15,17-18,20H2,1-2H3. The molecule has 1 fully saturated rings. The Hall–Kier alpha value is -3.25. The summed E-state index contributed by atoms with van der Waals surface area (Å²) in [4.78, 5) is 24.6. The largest absolute Gasteiger partial charge is 0.477 e. The van der Waals surface area contributed by atoms with E-state index in [0.717, 1.165) is 36.5 Å². The molecule has 0 bridgehead atoms. The van der Waals surface area contributed by atoms with Crippen LogP contribution in [0.15, 0.2) is 67.0 Å². The van der Waals surface area contributed by atoms with Gasteiger partial charge in [-0.25, -0.2) is 4.98 Å². The topological polar surface area (TPSA) is 64.5 Å². The second-order valence-electron chi connectivity index (χ2n) is 8.29. The second-order valence-corrected chi connectivity index (χ2v) is 8.29. The highest BCUT2D eigenvalue weighted by Crippen LogP contribution is 2.38. The number of benzene rings is 1. The number of pyridine rings is 2. The van der Waals surface area contributed by atoms with Gasteiger partial charge in [0.15, 0.2) is 0 Å². The van der Waals surface area contributed by atoms with Crippen LogP contribution in [-0.4, -0.2) is 47.1 Å². The van der Waals surface area contributed by atoms with E-state index in [-0.39, 0.29) is 5.97 Å². The number of hydrogen-bond donors (Lipinski definition) is 0. The summed E-state index contributed by atoms with van der Waals surface area (Å²) in [6, 6.07) is 18.2. The van der Waals surface area contributed by atoms with E-state index in [1.807, 2.05) is 50.4 Å². The molecule has 4 rings (SSSR count). The Balaban J connectivity index is 1.56. The van der Waals surface area contributed by atoms with Gasteiger partial charge in [0.05, 0.1) is 29.9 Å². The third-order valence-electron chi connectivity index (χ3n) is 6.27. The Kier molecular flexibility index (Phi) is 7.35. The summed E-state index contributed by atoms with van der Waals surface area (Å²) in [6.45, 7) is 7.23. The van der Waals surface area contributed by atoms with E-state index in [1.165, 1.54) is 5.56 Å². The quantitative estimate of drug-likeness (QED) is 0.471. The molecule has 3 heterocycles. The van der Waals surface area contributed by atoms with Crippen molar-refractivity contribution in [2.24, 2.45) is 0 Å². The summed E-state index contributed by atoms with van der Waals surface area (Å²) in [5, 5.41) is 0. The van der Waals surface area contributed by atoms with Crippen molar-refractivity contribution in [2.75, 3.05) is 26.3 Å². The number of nitrogens with zero attached hydrogens (tertiary/aromatic N) is 3. The van der Waals surface area contributed by atoms with Crippen LogP contribution in [0.4, 0.5) is 0 Å². The normalized spacial score (nSPS) is 15.7. The van der Waals surface area contributed by atoms with Crippen LogP contribution in [0.5, 0.6) is 5.88 Å². The summed E-state index contributed by atoms with van der Waals surface area (Å²) in [5.74, 6) is 0.407. The van der Waals surface area contributed by atoms with E-state index in [9.17, 15) is 4.79 Å². The minimum Gasteiger partial charge on any atom is -0.477 e. The molecule has 0 unspecified atom stereocenters. The fourth-order valence-electron chi connectivity index (χ4n) is 4.49. The summed E-state index contributed by atoms with van der Waals surface area (Å²) < 4.78 is 11.2. The fourth-order valence-corrected chi connectivity index (χ4v) is 4.49. The Morgan fingerprint density at radius 3 is 2.42 bits per heavy atom. The number of aromatic nitrogens is 2. The van der Waals surface area contributed by atoms with Gasteiger partial charge in [-0.3, -0.25) is 14.7 Å². The first-order chi connectivity index (χ1) is 16.2. The number of hydrogen-bond acceptors (Lipinski definition) is 6. The fraction of sp³-hybridized carbons (Fsp3) is 0.370. The van der Waals surface area contributed by atoms with E-state index in [0.29, 0.717) is 31.9 Å². The monoisotopic (exact) mass is 445 g/mol. The zero-order chi connectivity index (χ0) is 23.1. The van der Waals surface area contributed by atoms with Gasteiger partial charge in [0.25, 0.3) is 0 Å². The highest BCUT2D eigenvalue weighted by Gasteiger charge is 2.44. The van der Waals surface area contributed by atoms with Crippen molar-refractivity contribution >= 4 is 5.97 Å². The lowest BCUT2D eigenvalue weighted by Crippen LogP contribution is -2.48. The zero-order valence-corrected chi connectivity index (χ0v) is 19.4. The predicted octanol–water partition coefficient (Wildman–Crippen LogP) is 4.64. The SMILES string of the molecule is CCOC(=O)C1(c2ccc(-c3cccnc3OCC)nc2)CCN(Cc2ccccc2)CC1. The summed E-state index contributed by atoms with van der Waals surface area (Å²) in [5.41, 5.74) is 3.14. The summed E-state index contributed by atoms with van der Waals surface area (Å²) in [6.07, 6.45) is 4.94. The highest BCUT2D eigenvalue weighted by atomic mass is 16.5. The van der Waals surface area contributed by atoms with Crippen LogP contribution in [0, 0.1) is 0 Å². The summed E-state index contributed by atoms with van der Waals surface area (Å²) >= 11 is 0. The van der Waals surface area contributed by atoms with Crippen molar-refractivity contribution in [3.8, 4) is 17.1 Å². The first-order valence-corrected chi connectivity index (χ1v) is 11.6. The molecule has 0 amide bonds. The molecule has 1 aromatic carbocycles. The number of carbonyl (C=O) groups is 1. The van der Waals surface area contributed by atoms with Gasteiger partial charge in [0, 0.05) is 18.9 Å². The average molecular weight is 446 g/mol. The summed E-state index contributed by atoms with van der Waals surface area (Å²) in [7, 11) is 0. The molecule has 0 atom stereocenters. The lowest BCUT2D eigenvalue weighted by atomic mass is 9.73. The molecule has 0 saturated carbocycles. The number of rotatable bonds is 8. The van der Waals surface area contributed by atoms with Crippen LogP contribution in [0.25, 0.3) is 11.3 Å². The Morgan fingerprint density at radius 1 is 0.970 bits per heavy atom. The van der Waals surface area contributed by atoms with Gasteiger partial charge in [-0.2, -0.15) is 0 Å². The van der Waals surface area contributed by atoms with Crippen LogP contribution in [-0.2, 0) is 21.5 Å². The van der Waals surface area contributed by atoms with E-state index >= 15 is 0 Å². The van der Waals surface area contributed by atoms with Gasteiger partial charge in [-0.15, -0.1) is 0 Å². The maximum atomic E-state index is 13.2. The molecule has 3 aromatic rings. The van der Waals surface area contributed by atoms with Crippen molar-refractivity contribution in [3.05, 3.63) is 78.1 Å². The van der Waals surface area contributed by atoms with E-state index in [4.69, 9.17) is 14.5 Å². The van der Waals surface area contributed by atoms with Gasteiger partial charge in [0.1, 0.15) is 0 Å². The molecule has 1 aliphatic heterocycles. The minimum atomic E-state index is -0.674. The van der Waals surface area contributed by atoms with Crippen LogP contribution in [0.2, 0.25) is 0 Å². The van der Waals surface area contributed by atoms with E-state index in [1.54, 1.807) is 6.20 Å². The first-order valence-electron chi connectivity index (χ1n) is 11.6. The lowest BCUT2D eigenvalue weighted by molar-refractivity contribution is -0.152. The minimum absolute atomic E-state index is 0.157. The van der Waals surface area contributed by atoms with Gasteiger partial charge < -0.3 is 9.47 Å². The molecule has 6 nitrogen and oxygen atoms in total.